The van der Waals surface area contributed by atoms with Crippen molar-refractivity contribution in [2.45, 2.75) is 0 Å². The number of carboxylic acid groups (broad SMARTS) is 1. The van der Waals surface area contributed by atoms with Crippen molar-refractivity contribution in [3.05, 3.63) is 41.8 Å². The van der Waals surface area contributed by atoms with Crippen LogP contribution in [-0.2, 0) is 0 Å². The lowest BCUT2D eigenvalue weighted by Crippen LogP contribution is -1.94. The number of pyridine rings is 1. The SMILES string of the molecule is O=C(O)c1cn(-c2cncs2)c2ncccc12. The molecule has 3 rings (SSSR count). The number of rotatable bonds is 2. The Balaban J connectivity index is 2.37. The van der Waals surface area contributed by atoms with Crippen LogP contribution in [0.2, 0.25) is 0 Å². The van der Waals surface area contributed by atoms with Crippen LogP contribution in [0.15, 0.2) is 36.2 Å². The van der Waals surface area contributed by atoms with Gasteiger partial charge in [0.15, 0.2) is 0 Å². The van der Waals surface area contributed by atoms with Gasteiger partial charge in [-0.1, -0.05) is 0 Å². The monoisotopic (exact) mass is 245 g/mol. The van der Waals surface area contributed by atoms with E-state index in [9.17, 15) is 4.79 Å². The Morgan fingerprint density at radius 1 is 1.47 bits per heavy atom. The summed E-state index contributed by atoms with van der Waals surface area (Å²) in [5.41, 5.74) is 2.58. The van der Waals surface area contributed by atoms with Crippen molar-refractivity contribution < 1.29 is 9.90 Å². The van der Waals surface area contributed by atoms with Crippen molar-refractivity contribution in [2.75, 3.05) is 0 Å². The van der Waals surface area contributed by atoms with E-state index in [4.69, 9.17) is 5.11 Å². The van der Waals surface area contributed by atoms with Gasteiger partial charge in [-0.25, -0.2) is 9.78 Å². The molecular weight excluding hydrogens is 238 g/mol. The summed E-state index contributed by atoms with van der Waals surface area (Å²) in [5, 5.41) is 10.6. The molecule has 6 heteroatoms. The number of carboxylic acids is 1. The van der Waals surface area contributed by atoms with Crippen LogP contribution in [0.5, 0.6) is 0 Å². The molecule has 84 valence electrons. The molecule has 0 bridgehead atoms. The van der Waals surface area contributed by atoms with Crippen LogP contribution in [0.1, 0.15) is 10.4 Å². The molecule has 3 aromatic rings. The van der Waals surface area contributed by atoms with Gasteiger partial charge in [0.25, 0.3) is 0 Å². The quantitative estimate of drug-likeness (QED) is 0.751. The Bertz CT molecular complexity index is 688. The van der Waals surface area contributed by atoms with E-state index in [0.29, 0.717) is 11.0 Å². The third kappa shape index (κ3) is 1.50. The molecule has 0 saturated heterocycles. The minimum Gasteiger partial charge on any atom is -0.478 e. The Hall–Kier alpha value is -2.21. The number of aromatic carboxylic acids is 1. The van der Waals surface area contributed by atoms with E-state index in [1.807, 2.05) is 0 Å². The van der Waals surface area contributed by atoms with E-state index >= 15 is 0 Å². The minimum absolute atomic E-state index is 0.251. The summed E-state index contributed by atoms with van der Waals surface area (Å²) in [6.07, 6.45) is 4.91. The molecule has 0 fully saturated rings. The minimum atomic E-state index is -0.953. The first-order valence-electron chi connectivity index (χ1n) is 4.85. The topological polar surface area (TPSA) is 68.0 Å². The number of nitrogens with zero attached hydrogens (tertiary/aromatic N) is 3. The van der Waals surface area contributed by atoms with Crippen molar-refractivity contribution >= 4 is 28.3 Å². The molecule has 0 saturated carbocycles. The molecule has 0 spiro atoms. The lowest BCUT2D eigenvalue weighted by Gasteiger charge is -1.97. The van der Waals surface area contributed by atoms with Crippen LogP contribution >= 0.6 is 11.3 Å². The predicted octanol–water partition coefficient (Wildman–Crippen LogP) is 2.18. The fourth-order valence-electron chi connectivity index (χ4n) is 1.73. The average Bonchev–Trinajstić information content (AvgIpc) is 2.95. The first-order valence-corrected chi connectivity index (χ1v) is 5.73. The van der Waals surface area contributed by atoms with Gasteiger partial charge < -0.3 is 5.11 Å². The Labute approximate surface area is 100.0 Å². The highest BCUT2D eigenvalue weighted by molar-refractivity contribution is 7.12. The number of hydrogen-bond acceptors (Lipinski definition) is 4. The van der Waals surface area contributed by atoms with Gasteiger partial charge >= 0.3 is 5.97 Å². The highest BCUT2D eigenvalue weighted by Gasteiger charge is 2.15. The van der Waals surface area contributed by atoms with Gasteiger partial charge in [0.1, 0.15) is 10.6 Å². The van der Waals surface area contributed by atoms with Gasteiger partial charge in [-0.15, -0.1) is 11.3 Å². The third-order valence-electron chi connectivity index (χ3n) is 2.45. The summed E-state index contributed by atoms with van der Waals surface area (Å²) in [5.74, 6) is -0.953. The molecule has 0 atom stereocenters. The normalized spacial score (nSPS) is 10.8. The Kier molecular flexibility index (Phi) is 2.15. The van der Waals surface area contributed by atoms with Gasteiger partial charge in [-0.05, 0) is 12.1 Å². The fraction of sp³-hybridized carbons (Fsp3) is 0. The number of carbonyl (C=O) groups is 1. The maximum atomic E-state index is 11.1. The van der Waals surface area contributed by atoms with Crippen molar-refractivity contribution in [3.63, 3.8) is 0 Å². The van der Waals surface area contributed by atoms with E-state index in [2.05, 4.69) is 9.97 Å². The van der Waals surface area contributed by atoms with Gasteiger partial charge in [-0.2, -0.15) is 0 Å². The fourth-order valence-corrected chi connectivity index (χ4v) is 2.33. The molecule has 0 aromatic carbocycles. The number of thiazole rings is 1. The zero-order chi connectivity index (χ0) is 11.8. The number of hydrogen-bond donors (Lipinski definition) is 1. The standard InChI is InChI=1S/C11H7N3O2S/c15-11(16)8-5-14(9-4-12-6-17-9)10-7(8)2-1-3-13-10/h1-6H,(H,15,16). The molecule has 0 unspecified atom stereocenters. The molecule has 3 heterocycles. The molecule has 0 radical (unpaired) electrons. The molecule has 3 aromatic heterocycles. The lowest BCUT2D eigenvalue weighted by atomic mass is 10.2. The number of aromatic nitrogens is 3. The molecule has 0 aliphatic heterocycles. The number of fused-ring (bicyclic) bond motifs is 1. The van der Waals surface area contributed by atoms with Crippen LogP contribution in [0, 0.1) is 0 Å². The van der Waals surface area contributed by atoms with Crippen molar-refractivity contribution in [1.82, 2.24) is 14.5 Å². The van der Waals surface area contributed by atoms with E-state index < -0.39 is 5.97 Å². The van der Waals surface area contributed by atoms with Gasteiger partial charge in [-0.3, -0.25) is 9.55 Å². The van der Waals surface area contributed by atoms with Crippen LogP contribution in [0.3, 0.4) is 0 Å². The molecule has 0 aliphatic rings. The summed E-state index contributed by atoms with van der Waals surface area (Å²) in [6, 6.07) is 3.48. The first-order chi connectivity index (χ1) is 8.27. The predicted molar refractivity (Wildman–Crippen MR) is 63.7 cm³/mol. The van der Waals surface area contributed by atoms with E-state index in [-0.39, 0.29) is 5.56 Å². The Morgan fingerprint density at radius 3 is 3.06 bits per heavy atom. The van der Waals surface area contributed by atoms with Crippen LogP contribution < -0.4 is 0 Å². The summed E-state index contributed by atoms with van der Waals surface area (Å²) < 4.78 is 1.75. The van der Waals surface area contributed by atoms with Crippen molar-refractivity contribution in [2.24, 2.45) is 0 Å². The van der Waals surface area contributed by atoms with Crippen LogP contribution in [0.4, 0.5) is 0 Å². The molecule has 5 nitrogen and oxygen atoms in total. The zero-order valence-corrected chi connectivity index (χ0v) is 9.39. The van der Waals surface area contributed by atoms with Crippen molar-refractivity contribution in [1.29, 1.82) is 0 Å². The molecule has 0 amide bonds. The molecule has 17 heavy (non-hydrogen) atoms. The third-order valence-corrected chi connectivity index (χ3v) is 3.22. The van der Waals surface area contributed by atoms with E-state index in [1.54, 1.807) is 40.8 Å². The van der Waals surface area contributed by atoms with Crippen molar-refractivity contribution in [3.8, 4) is 5.00 Å². The highest BCUT2D eigenvalue weighted by Crippen LogP contribution is 2.24. The lowest BCUT2D eigenvalue weighted by molar-refractivity contribution is 0.0699. The molecule has 0 aliphatic carbocycles. The van der Waals surface area contributed by atoms with Crippen LogP contribution in [-0.4, -0.2) is 25.6 Å². The highest BCUT2D eigenvalue weighted by atomic mass is 32.1. The van der Waals surface area contributed by atoms with E-state index in [1.165, 1.54) is 11.3 Å². The maximum absolute atomic E-state index is 11.1. The summed E-state index contributed by atoms with van der Waals surface area (Å²) >= 11 is 1.43. The van der Waals surface area contributed by atoms with Crippen LogP contribution in [0.25, 0.3) is 16.0 Å². The maximum Gasteiger partial charge on any atom is 0.337 e. The summed E-state index contributed by atoms with van der Waals surface area (Å²) in [6.45, 7) is 0. The van der Waals surface area contributed by atoms with E-state index in [0.717, 1.165) is 5.00 Å². The Morgan fingerprint density at radius 2 is 2.35 bits per heavy atom. The zero-order valence-electron chi connectivity index (χ0n) is 8.57. The first kappa shape index (κ1) is 9.98. The average molecular weight is 245 g/mol. The van der Waals surface area contributed by atoms with Gasteiger partial charge in [0.05, 0.1) is 17.3 Å². The second-order valence-corrected chi connectivity index (χ2v) is 4.30. The second kappa shape index (κ2) is 3.67. The molecule has 1 N–H and O–H groups in total. The molecular formula is C11H7N3O2S. The van der Waals surface area contributed by atoms with Gasteiger partial charge in [0, 0.05) is 17.8 Å². The summed E-state index contributed by atoms with van der Waals surface area (Å²) in [7, 11) is 0. The smallest absolute Gasteiger partial charge is 0.337 e. The second-order valence-electron chi connectivity index (χ2n) is 3.43. The summed E-state index contributed by atoms with van der Waals surface area (Å²) in [4.78, 5) is 19.3. The largest absolute Gasteiger partial charge is 0.478 e. The van der Waals surface area contributed by atoms with Gasteiger partial charge in [0.2, 0.25) is 0 Å².